The third-order valence-electron chi connectivity index (χ3n) is 7.79. The van der Waals surface area contributed by atoms with Crippen molar-refractivity contribution in [2.75, 3.05) is 24.5 Å². The maximum Gasteiger partial charge on any atom is 0.323 e. The number of aryl methyl sites for hydroxylation is 2. The first kappa shape index (κ1) is 30.5. The number of hydrogen-bond acceptors (Lipinski definition) is 5. The molecule has 0 bridgehead atoms. The van der Waals surface area contributed by atoms with Crippen molar-refractivity contribution in [3.8, 4) is 0 Å². The second kappa shape index (κ2) is 14.5. The zero-order chi connectivity index (χ0) is 30.2. The summed E-state index contributed by atoms with van der Waals surface area (Å²) >= 11 is 12.1. The fourth-order valence-electron chi connectivity index (χ4n) is 5.53. The van der Waals surface area contributed by atoms with E-state index in [9.17, 15) is 14.7 Å². The Labute approximate surface area is 262 Å². The van der Waals surface area contributed by atoms with Gasteiger partial charge in [0, 0.05) is 35.4 Å². The van der Waals surface area contributed by atoms with Crippen LogP contribution in [-0.2, 0) is 30.5 Å². The highest BCUT2D eigenvalue weighted by atomic mass is 35.5. The first-order chi connectivity index (χ1) is 20.9. The lowest BCUT2D eigenvalue weighted by Crippen LogP contribution is -2.38. The number of aliphatic carboxylic acids is 1. The molecule has 0 aliphatic carbocycles. The Morgan fingerprint density at radius 3 is 2.19 bits per heavy atom. The molecule has 1 aromatic heterocycles. The maximum atomic E-state index is 13.9. The molecular weight excluding hydrogens is 583 g/mol. The van der Waals surface area contributed by atoms with Gasteiger partial charge in [-0.3, -0.25) is 9.59 Å². The summed E-state index contributed by atoms with van der Waals surface area (Å²) in [5.41, 5.74) is 4.25. The molecule has 1 saturated heterocycles. The SMILES string of the molecule is O=C(O)CN(CCc1ccc(Cl)cc1)C(=O)c1cnc(N2CCC[C@@H]2Cc2ccc(Cl)cc2)nc1CCc1ccccc1. The number of halogens is 2. The molecule has 0 radical (unpaired) electrons. The maximum absolute atomic E-state index is 13.9. The number of rotatable bonds is 12. The van der Waals surface area contributed by atoms with Crippen LogP contribution >= 0.6 is 23.2 Å². The highest BCUT2D eigenvalue weighted by molar-refractivity contribution is 6.30. The van der Waals surface area contributed by atoms with Gasteiger partial charge in [0.05, 0.1) is 11.3 Å². The van der Waals surface area contributed by atoms with E-state index in [4.69, 9.17) is 28.2 Å². The average Bonchev–Trinajstić information content (AvgIpc) is 3.48. The predicted octanol–water partition coefficient (Wildman–Crippen LogP) is 6.55. The lowest BCUT2D eigenvalue weighted by atomic mass is 10.0. The first-order valence-corrected chi connectivity index (χ1v) is 15.3. The number of nitrogens with zero attached hydrogens (tertiary/aromatic N) is 4. The molecule has 1 N–H and O–H groups in total. The fourth-order valence-corrected chi connectivity index (χ4v) is 5.78. The highest BCUT2D eigenvalue weighted by Gasteiger charge is 2.29. The molecule has 7 nitrogen and oxygen atoms in total. The molecule has 4 aromatic rings. The minimum Gasteiger partial charge on any atom is -0.480 e. The van der Waals surface area contributed by atoms with Crippen molar-refractivity contribution in [2.24, 2.45) is 0 Å². The summed E-state index contributed by atoms with van der Waals surface area (Å²) in [5, 5.41) is 11.0. The van der Waals surface area contributed by atoms with Crippen LogP contribution in [0.3, 0.4) is 0 Å². The van der Waals surface area contributed by atoms with Crippen LogP contribution in [0.15, 0.2) is 85.1 Å². The van der Waals surface area contributed by atoms with Gasteiger partial charge in [0.2, 0.25) is 5.95 Å². The summed E-state index contributed by atoms with van der Waals surface area (Å²) in [4.78, 5) is 38.9. The minimum atomic E-state index is -1.07. The van der Waals surface area contributed by atoms with Gasteiger partial charge in [-0.2, -0.15) is 0 Å². The summed E-state index contributed by atoms with van der Waals surface area (Å²) in [6.45, 7) is 0.652. The Kier molecular flexibility index (Phi) is 10.3. The van der Waals surface area contributed by atoms with Gasteiger partial charge in [-0.1, -0.05) is 77.8 Å². The van der Waals surface area contributed by atoms with Gasteiger partial charge in [0.25, 0.3) is 5.91 Å². The van der Waals surface area contributed by atoms with Crippen molar-refractivity contribution in [3.05, 3.63) is 123 Å². The molecule has 1 aliphatic heterocycles. The van der Waals surface area contributed by atoms with Gasteiger partial charge in [-0.15, -0.1) is 0 Å². The standard InChI is InChI=1S/C34H34Cl2N4O3/c35-27-13-8-25(9-14-27)18-20-39(23-32(41)42)33(43)30-22-37-34(38-31(30)17-12-24-5-2-1-3-6-24)40-19-4-7-29(40)21-26-10-15-28(36)16-11-26/h1-3,5-6,8-11,13-16,22,29H,4,7,12,17-21,23H2,(H,41,42)/t29-/m1/s1. The lowest BCUT2D eigenvalue weighted by Gasteiger charge is -2.26. The van der Waals surface area contributed by atoms with Crippen LogP contribution in [-0.4, -0.2) is 57.5 Å². The van der Waals surface area contributed by atoms with E-state index in [1.54, 1.807) is 18.3 Å². The van der Waals surface area contributed by atoms with Crippen LogP contribution in [0.4, 0.5) is 5.95 Å². The molecule has 1 fully saturated rings. The Balaban J connectivity index is 1.41. The number of aromatic nitrogens is 2. The second-order valence-corrected chi connectivity index (χ2v) is 11.7. The number of carbonyl (C=O) groups excluding carboxylic acids is 1. The van der Waals surface area contributed by atoms with E-state index in [-0.39, 0.29) is 18.5 Å². The van der Waals surface area contributed by atoms with Gasteiger partial charge in [-0.25, -0.2) is 9.97 Å². The van der Waals surface area contributed by atoms with Crippen molar-refractivity contribution in [3.63, 3.8) is 0 Å². The third kappa shape index (κ3) is 8.33. The smallest absolute Gasteiger partial charge is 0.323 e. The van der Waals surface area contributed by atoms with Crippen LogP contribution < -0.4 is 4.90 Å². The van der Waals surface area contributed by atoms with E-state index in [1.807, 2.05) is 54.6 Å². The molecule has 0 unspecified atom stereocenters. The Morgan fingerprint density at radius 1 is 0.860 bits per heavy atom. The van der Waals surface area contributed by atoms with Gasteiger partial charge in [0.1, 0.15) is 6.54 Å². The van der Waals surface area contributed by atoms with E-state index in [0.717, 1.165) is 36.9 Å². The zero-order valence-electron chi connectivity index (χ0n) is 23.8. The number of benzene rings is 3. The summed E-state index contributed by atoms with van der Waals surface area (Å²) in [6, 6.07) is 25.5. The van der Waals surface area contributed by atoms with E-state index in [1.165, 1.54) is 10.5 Å². The highest BCUT2D eigenvalue weighted by Crippen LogP contribution is 2.27. The van der Waals surface area contributed by atoms with Crippen LogP contribution in [0.5, 0.6) is 0 Å². The molecule has 3 aromatic carbocycles. The Hall–Kier alpha value is -3.94. The normalized spacial score (nSPS) is 14.6. The fraction of sp³-hybridized carbons (Fsp3) is 0.294. The van der Waals surface area contributed by atoms with Gasteiger partial charge in [0.15, 0.2) is 0 Å². The van der Waals surface area contributed by atoms with E-state index >= 15 is 0 Å². The molecule has 43 heavy (non-hydrogen) atoms. The van der Waals surface area contributed by atoms with E-state index in [0.29, 0.717) is 46.5 Å². The number of carboxylic acid groups (broad SMARTS) is 1. The molecule has 1 amide bonds. The molecule has 2 heterocycles. The number of anilines is 1. The van der Waals surface area contributed by atoms with Crippen LogP contribution in [0.25, 0.3) is 0 Å². The van der Waals surface area contributed by atoms with Crippen molar-refractivity contribution >= 4 is 41.0 Å². The molecule has 222 valence electrons. The Bertz CT molecular complexity index is 1530. The number of carboxylic acids is 1. The van der Waals surface area contributed by atoms with Gasteiger partial charge < -0.3 is 14.9 Å². The summed E-state index contributed by atoms with van der Waals surface area (Å²) in [7, 11) is 0. The van der Waals surface area contributed by atoms with E-state index < -0.39 is 12.5 Å². The van der Waals surface area contributed by atoms with Crippen LogP contribution in [0, 0.1) is 0 Å². The molecule has 5 rings (SSSR count). The van der Waals surface area contributed by atoms with Crippen molar-refractivity contribution in [1.29, 1.82) is 0 Å². The molecule has 0 spiro atoms. The predicted molar refractivity (Wildman–Crippen MR) is 170 cm³/mol. The largest absolute Gasteiger partial charge is 0.480 e. The first-order valence-electron chi connectivity index (χ1n) is 14.5. The van der Waals surface area contributed by atoms with Gasteiger partial charge >= 0.3 is 5.97 Å². The lowest BCUT2D eigenvalue weighted by molar-refractivity contribution is -0.137. The number of carbonyl (C=O) groups is 2. The molecular formula is C34H34Cl2N4O3. The number of hydrogen-bond donors (Lipinski definition) is 1. The van der Waals surface area contributed by atoms with Crippen molar-refractivity contribution in [2.45, 2.75) is 44.6 Å². The van der Waals surface area contributed by atoms with E-state index in [2.05, 4.69) is 22.0 Å². The molecule has 1 atom stereocenters. The van der Waals surface area contributed by atoms with Gasteiger partial charge in [-0.05, 0) is 79.5 Å². The Morgan fingerprint density at radius 2 is 1.51 bits per heavy atom. The second-order valence-electron chi connectivity index (χ2n) is 10.8. The van der Waals surface area contributed by atoms with Crippen LogP contribution in [0.1, 0.15) is 45.6 Å². The summed E-state index contributed by atoms with van der Waals surface area (Å²) < 4.78 is 0. The summed E-state index contributed by atoms with van der Waals surface area (Å²) in [5.74, 6) is -0.859. The van der Waals surface area contributed by atoms with Crippen molar-refractivity contribution in [1.82, 2.24) is 14.9 Å². The summed E-state index contributed by atoms with van der Waals surface area (Å²) in [6.07, 6.45) is 6.18. The monoisotopic (exact) mass is 616 g/mol. The minimum absolute atomic E-state index is 0.229. The molecule has 9 heteroatoms. The average molecular weight is 618 g/mol. The molecule has 1 aliphatic rings. The number of amides is 1. The zero-order valence-corrected chi connectivity index (χ0v) is 25.3. The third-order valence-corrected chi connectivity index (χ3v) is 8.30. The topological polar surface area (TPSA) is 86.6 Å². The van der Waals surface area contributed by atoms with Crippen molar-refractivity contribution < 1.29 is 14.7 Å². The molecule has 0 saturated carbocycles. The van der Waals surface area contributed by atoms with Crippen LogP contribution in [0.2, 0.25) is 10.0 Å². The quantitative estimate of drug-likeness (QED) is 0.194.